The van der Waals surface area contributed by atoms with Crippen molar-refractivity contribution in [3.63, 3.8) is 0 Å². The van der Waals surface area contributed by atoms with Crippen LogP contribution in [-0.2, 0) is 16.0 Å². The lowest BCUT2D eigenvalue weighted by Gasteiger charge is -2.40. The van der Waals surface area contributed by atoms with E-state index >= 15 is 0 Å². The standard InChI is InChI=1S/C17H24N2O2/c1-13-11-18-15(10-14-6-3-2-4-7-14)12-19(13)17(20)16-8-5-9-21-16/h2-4,6-7,13,15-16,18H,5,8-12H2,1H3. The van der Waals surface area contributed by atoms with Gasteiger partial charge < -0.3 is 15.0 Å². The van der Waals surface area contributed by atoms with Gasteiger partial charge in [-0.1, -0.05) is 30.3 Å². The number of piperazine rings is 1. The molecule has 2 saturated heterocycles. The molecule has 0 aromatic heterocycles. The van der Waals surface area contributed by atoms with Gasteiger partial charge in [0.25, 0.3) is 5.91 Å². The normalized spacial score (nSPS) is 29.6. The number of nitrogens with one attached hydrogen (secondary N) is 1. The summed E-state index contributed by atoms with van der Waals surface area (Å²) in [4.78, 5) is 14.6. The Kier molecular flexibility index (Phi) is 4.56. The number of hydrogen-bond donors (Lipinski definition) is 1. The van der Waals surface area contributed by atoms with E-state index in [1.54, 1.807) is 0 Å². The van der Waals surface area contributed by atoms with Crippen molar-refractivity contribution in [3.05, 3.63) is 35.9 Å². The topological polar surface area (TPSA) is 41.6 Å². The van der Waals surface area contributed by atoms with Crippen LogP contribution in [0.3, 0.4) is 0 Å². The van der Waals surface area contributed by atoms with Crippen LogP contribution in [0.4, 0.5) is 0 Å². The molecule has 21 heavy (non-hydrogen) atoms. The van der Waals surface area contributed by atoms with Gasteiger partial charge in [-0.05, 0) is 31.7 Å². The number of amides is 1. The lowest BCUT2D eigenvalue weighted by atomic mass is 10.0. The summed E-state index contributed by atoms with van der Waals surface area (Å²) < 4.78 is 5.56. The number of benzene rings is 1. The van der Waals surface area contributed by atoms with Crippen LogP contribution in [0, 0.1) is 0 Å². The fraction of sp³-hybridized carbons (Fsp3) is 0.588. The van der Waals surface area contributed by atoms with Crippen LogP contribution >= 0.6 is 0 Å². The Morgan fingerprint density at radius 1 is 1.38 bits per heavy atom. The fourth-order valence-electron chi connectivity index (χ4n) is 3.23. The third kappa shape index (κ3) is 3.44. The Morgan fingerprint density at radius 2 is 2.19 bits per heavy atom. The third-order valence-electron chi connectivity index (χ3n) is 4.46. The van der Waals surface area contributed by atoms with Gasteiger partial charge in [0.05, 0.1) is 0 Å². The lowest BCUT2D eigenvalue weighted by Crippen LogP contribution is -2.59. The Morgan fingerprint density at radius 3 is 2.90 bits per heavy atom. The largest absolute Gasteiger partial charge is 0.368 e. The van der Waals surface area contributed by atoms with Crippen LogP contribution in [0.25, 0.3) is 0 Å². The molecule has 114 valence electrons. The van der Waals surface area contributed by atoms with E-state index in [-0.39, 0.29) is 18.1 Å². The minimum absolute atomic E-state index is 0.180. The fourth-order valence-corrected chi connectivity index (χ4v) is 3.23. The van der Waals surface area contributed by atoms with Crippen molar-refractivity contribution in [2.75, 3.05) is 19.7 Å². The number of ether oxygens (including phenoxy) is 1. The van der Waals surface area contributed by atoms with Gasteiger partial charge in [-0.15, -0.1) is 0 Å². The van der Waals surface area contributed by atoms with E-state index in [4.69, 9.17) is 4.74 Å². The molecule has 4 heteroatoms. The molecule has 1 N–H and O–H groups in total. The first-order valence-electron chi connectivity index (χ1n) is 7.93. The van der Waals surface area contributed by atoms with Crippen LogP contribution < -0.4 is 5.32 Å². The second-order valence-electron chi connectivity index (χ2n) is 6.14. The number of nitrogens with zero attached hydrogens (tertiary/aromatic N) is 1. The first kappa shape index (κ1) is 14.5. The molecule has 2 heterocycles. The summed E-state index contributed by atoms with van der Waals surface area (Å²) in [5.41, 5.74) is 1.31. The molecule has 0 saturated carbocycles. The quantitative estimate of drug-likeness (QED) is 0.918. The summed E-state index contributed by atoms with van der Waals surface area (Å²) >= 11 is 0. The third-order valence-corrected chi connectivity index (χ3v) is 4.46. The van der Waals surface area contributed by atoms with Gasteiger partial charge in [-0.3, -0.25) is 4.79 Å². The van der Waals surface area contributed by atoms with Crippen LogP contribution in [0.5, 0.6) is 0 Å². The zero-order valence-electron chi connectivity index (χ0n) is 12.6. The van der Waals surface area contributed by atoms with E-state index in [0.29, 0.717) is 6.04 Å². The van der Waals surface area contributed by atoms with E-state index in [1.165, 1.54) is 5.56 Å². The molecule has 1 aromatic rings. The maximum absolute atomic E-state index is 12.6. The Labute approximate surface area is 126 Å². The molecule has 3 atom stereocenters. The van der Waals surface area contributed by atoms with E-state index < -0.39 is 0 Å². The van der Waals surface area contributed by atoms with Gasteiger partial charge in [0, 0.05) is 31.8 Å². The Bertz CT molecular complexity index is 471. The predicted octanol–water partition coefficient (Wildman–Crippen LogP) is 1.60. The second-order valence-corrected chi connectivity index (χ2v) is 6.14. The minimum Gasteiger partial charge on any atom is -0.368 e. The van der Waals surface area contributed by atoms with Crippen molar-refractivity contribution in [2.45, 2.75) is 44.4 Å². The SMILES string of the molecule is CC1CNC(Cc2ccccc2)CN1C(=O)C1CCCO1. The molecule has 2 fully saturated rings. The van der Waals surface area contributed by atoms with Crippen molar-refractivity contribution < 1.29 is 9.53 Å². The van der Waals surface area contributed by atoms with Crippen molar-refractivity contribution in [2.24, 2.45) is 0 Å². The minimum atomic E-state index is -0.206. The van der Waals surface area contributed by atoms with Crippen LogP contribution in [0.1, 0.15) is 25.3 Å². The summed E-state index contributed by atoms with van der Waals surface area (Å²) in [6.07, 6.45) is 2.63. The van der Waals surface area contributed by atoms with Gasteiger partial charge in [-0.2, -0.15) is 0 Å². The highest BCUT2D eigenvalue weighted by Gasteiger charge is 2.34. The smallest absolute Gasteiger partial charge is 0.252 e. The number of hydrogen-bond acceptors (Lipinski definition) is 3. The lowest BCUT2D eigenvalue weighted by molar-refractivity contribution is -0.144. The van der Waals surface area contributed by atoms with Crippen molar-refractivity contribution in [1.82, 2.24) is 10.2 Å². The highest BCUT2D eigenvalue weighted by Crippen LogP contribution is 2.19. The summed E-state index contributed by atoms with van der Waals surface area (Å²) in [7, 11) is 0. The molecule has 0 bridgehead atoms. The van der Waals surface area contributed by atoms with Crippen LogP contribution in [0.2, 0.25) is 0 Å². The van der Waals surface area contributed by atoms with Gasteiger partial charge in [0.2, 0.25) is 0 Å². The highest BCUT2D eigenvalue weighted by atomic mass is 16.5. The molecule has 1 amide bonds. The van der Waals surface area contributed by atoms with Crippen molar-refractivity contribution >= 4 is 5.91 Å². The molecular weight excluding hydrogens is 264 g/mol. The van der Waals surface area contributed by atoms with Crippen molar-refractivity contribution in [1.29, 1.82) is 0 Å². The van der Waals surface area contributed by atoms with Crippen LogP contribution in [0.15, 0.2) is 30.3 Å². The first-order chi connectivity index (χ1) is 10.2. The first-order valence-corrected chi connectivity index (χ1v) is 7.93. The summed E-state index contributed by atoms with van der Waals surface area (Å²) in [6, 6.07) is 11.0. The molecule has 4 nitrogen and oxygen atoms in total. The van der Waals surface area contributed by atoms with E-state index in [2.05, 4.69) is 36.5 Å². The molecule has 0 radical (unpaired) electrons. The zero-order chi connectivity index (χ0) is 14.7. The van der Waals surface area contributed by atoms with Crippen molar-refractivity contribution in [3.8, 4) is 0 Å². The maximum atomic E-state index is 12.6. The zero-order valence-corrected chi connectivity index (χ0v) is 12.6. The predicted molar refractivity (Wildman–Crippen MR) is 82.1 cm³/mol. The number of carbonyl (C=O) groups excluding carboxylic acids is 1. The molecule has 0 spiro atoms. The molecular formula is C17H24N2O2. The number of carbonyl (C=O) groups is 1. The van der Waals surface area contributed by atoms with Gasteiger partial charge >= 0.3 is 0 Å². The average Bonchev–Trinajstić information content (AvgIpc) is 3.04. The highest BCUT2D eigenvalue weighted by molar-refractivity contribution is 5.81. The Balaban J connectivity index is 1.62. The molecule has 3 rings (SSSR count). The van der Waals surface area contributed by atoms with Gasteiger partial charge in [0.15, 0.2) is 0 Å². The van der Waals surface area contributed by atoms with Crippen LogP contribution in [-0.4, -0.2) is 48.7 Å². The summed E-state index contributed by atoms with van der Waals surface area (Å²) in [6.45, 7) is 4.47. The maximum Gasteiger partial charge on any atom is 0.252 e. The molecule has 3 unspecified atom stereocenters. The van der Waals surface area contributed by atoms with Gasteiger partial charge in [-0.25, -0.2) is 0 Å². The van der Waals surface area contributed by atoms with Gasteiger partial charge in [0.1, 0.15) is 6.10 Å². The number of rotatable bonds is 3. The molecule has 2 aliphatic rings. The second kappa shape index (κ2) is 6.58. The monoisotopic (exact) mass is 288 g/mol. The summed E-state index contributed by atoms with van der Waals surface area (Å²) in [5, 5.41) is 3.56. The molecule has 1 aromatic carbocycles. The van der Waals surface area contributed by atoms with E-state index in [9.17, 15) is 4.79 Å². The average molecular weight is 288 g/mol. The van der Waals surface area contributed by atoms with E-state index in [1.807, 2.05) is 11.0 Å². The molecule has 2 aliphatic heterocycles. The summed E-state index contributed by atoms with van der Waals surface area (Å²) in [5.74, 6) is 0.180. The Hall–Kier alpha value is -1.39. The molecule has 0 aliphatic carbocycles. The van der Waals surface area contributed by atoms with E-state index in [0.717, 1.165) is 39.0 Å².